The van der Waals surface area contributed by atoms with Crippen LogP contribution in [0.2, 0.25) is 0 Å². The zero-order chi connectivity index (χ0) is 12.5. The molecule has 1 aliphatic heterocycles. The van der Waals surface area contributed by atoms with Gasteiger partial charge in [-0.15, -0.1) is 11.3 Å². The van der Waals surface area contributed by atoms with Gasteiger partial charge in [0.1, 0.15) is 0 Å². The van der Waals surface area contributed by atoms with Crippen LogP contribution in [0.25, 0.3) is 0 Å². The van der Waals surface area contributed by atoms with Gasteiger partial charge in [-0.05, 0) is 33.2 Å². The van der Waals surface area contributed by atoms with E-state index in [1.165, 1.54) is 4.88 Å². The van der Waals surface area contributed by atoms with Crippen molar-refractivity contribution in [2.45, 2.75) is 33.2 Å². The second-order valence-electron chi connectivity index (χ2n) is 5.03. The lowest BCUT2D eigenvalue weighted by molar-refractivity contribution is -0.151. The Morgan fingerprint density at radius 3 is 3.06 bits per heavy atom. The molecule has 1 aliphatic rings. The van der Waals surface area contributed by atoms with Crippen LogP contribution in [0, 0.1) is 12.3 Å². The van der Waals surface area contributed by atoms with Crippen molar-refractivity contribution in [1.29, 1.82) is 0 Å². The van der Waals surface area contributed by atoms with Gasteiger partial charge in [0.25, 0.3) is 0 Å². The molecule has 0 aromatic carbocycles. The lowest BCUT2D eigenvalue weighted by atomic mass is 9.82. The predicted octanol–water partition coefficient (Wildman–Crippen LogP) is 2.14. The standard InChI is InChI=1S/C12H18N2O2S/c1-9-13-6-10(17-9)7-14-5-3-4-12(2,8-14)11(15)16/h6H,3-5,7-8H2,1-2H3,(H,15,16). The molecule has 2 heterocycles. The number of hydrogen-bond acceptors (Lipinski definition) is 4. The molecule has 0 saturated carbocycles. The molecule has 1 saturated heterocycles. The van der Waals surface area contributed by atoms with Crippen molar-refractivity contribution in [3.63, 3.8) is 0 Å². The molecular weight excluding hydrogens is 236 g/mol. The van der Waals surface area contributed by atoms with Crippen LogP contribution in [0.15, 0.2) is 6.20 Å². The molecule has 94 valence electrons. The third kappa shape index (κ3) is 2.84. The molecule has 2 rings (SSSR count). The lowest BCUT2D eigenvalue weighted by Gasteiger charge is -2.37. The zero-order valence-corrected chi connectivity index (χ0v) is 11.1. The fraction of sp³-hybridized carbons (Fsp3) is 0.667. The van der Waals surface area contributed by atoms with Crippen LogP contribution in [0.4, 0.5) is 0 Å². The number of piperidine rings is 1. The summed E-state index contributed by atoms with van der Waals surface area (Å²) in [6.07, 6.45) is 3.63. The largest absolute Gasteiger partial charge is 0.481 e. The van der Waals surface area contributed by atoms with Crippen LogP contribution >= 0.6 is 11.3 Å². The van der Waals surface area contributed by atoms with Gasteiger partial charge in [-0.25, -0.2) is 4.98 Å². The molecule has 1 N–H and O–H groups in total. The van der Waals surface area contributed by atoms with E-state index in [4.69, 9.17) is 0 Å². The van der Waals surface area contributed by atoms with Crippen molar-refractivity contribution in [3.8, 4) is 0 Å². The van der Waals surface area contributed by atoms with Gasteiger partial charge in [0.2, 0.25) is 0 Å². The number of nitrogens with zero attached hydrogens (tertiary/aromatic N) is 2. The molecule has 1 aromatic heterocycles. The van der Waals surface area contributed by atoms with Crippen molar-refractivity contribution in [3.05, 3.63) is 16.1 Å². The number of likely N-dealkylation sites (tertiary alicyclic amines) is 1. The first-order chi connectivity index (χ1) is 7.99. The van der Waals surface area contributed by atoms with Crippen molar-refractivity contribution in [2.24, 2.45) is 5.41 Å². The van der Waals surface area contributed by atoms with Gasteiger partial charge in [-0.3, -0.25) is 9.69 Å². The van der Waals surface area contributed by atoms with Crippen molar-refractivity contribution < 1.29 is 9.90 Å². The zero-order valence-electron chi connectivity index (χ0n) is 10.3. The Morgan fingerprint density at radius 2 is 2.47 bits per heavy atom. The minimum absolute atomic E-state index is 0.585. The van der Waals surface area contributed by atoms with E-state index in [1.54, 1.807) is 11.3 Å². The Kier molecular flexibility index (Phi) is 3.49. The normalized spacial score (nSPS) is 26.0. The summed E-state index contributed by atoms with van der Waals surface area (Å²) in [6.45, 7) is 6.29. The van der Waals surface area contributed by atoms with Gasteiger partial charge in [0.15, 0.2) is 0 Å². The van der Waals surface area contributed by atoms with Gasteiger partial charge in [0.05, 0.1) is 10.4 Å². The molecule has 17 heavy (non-hydrogen) atoms. The topological polar surface area (TPSA) is 53.4 Å². The molecule has 4 nitrogen and oxygen atoms in total. The molecule has 5 heteroatoms. The fourth-order valence-electron chi connectivity index (χ4n) is 2.35. The second-order valence-corrected chi connectivity index (χ2v) is 6.34. The molecule has 0 spiro atoms. The summed E-state index contributed by atoms with van der Waals surface area (Å²) >= 11 is 1.69. The van der Waals surface area contributed by atoms with E-state index in [2.05, 4.69) is 9.88 Å². The highest BCUT2D eigenvalue weighted by Crippen LogP contribution is 2.30. The molecule has 1 unspecified atom stereocenters. The molecule has 0 radical (unpaired) electrons. The monoisotopic (exact) mass is 254 g/mol. The van der Waals surface area contributed by atoms with Crippen LogP contribution in [-0.4, -0.2) is 34.0 Å². The number of aryl methyl sites for hydroxylation is 1. The van der Waals surface area contributed by atoms with E-state index in [9.17, 15) is 9.90 Å². The molecule has 0 aliphatic carbocycles. The average molecular weight is 254 g/mol. The second kappa shape index (κ2) is 4.74. The molecule has 1 fully saturated rings. The number of carbonyl (C=O) groups is 1. The summed E-state index contributed by atoms with van der Waals surface area (Å²) in [6, 6.07) is 0. The van der Waals surface area contributed by atoms with Gasteiger partial charge in [-0.2, -0.15) is 0 Å². The number of thiazole rings is 1. The number of hydrogen-bond donors (Lipinski definition) is 1. The summed E-state index contributed by atoms with van der Waals surface area (Å²) in [5.41, 5.74) is -0.585. The Morgan fingerprint density at radius 1 is 1.71 bits per heavy atom. The number of rotatable bonds is 3. The highest BCUT2D eigenvalue weighted by Gasteiger charge is 2.37. The number of aromatic nitrogens is 1. The van der Waals surface area contributed by atoms with Crippen LogP contribution in [0.3, 0.4) is 0 Å². The third-order valence-corrected chi connectivity index (χ3v) is 4.24. The maximum atomic E-state index is 11.2. The minimum Gasteiger partial charge on any atom is -0.481 e. The van der Waals surface area contributed by atoms with E-state index >= 15 is 0 Å². The van der Waals surface area contributed by atoms with Crippen LogP contribution < -0.4 is 0 Å². The first-order valence-corrected chi connectivity index (χ1v) is 6.68. The summed E-state index contributed by atoms with van der Waals surface area (Å²) in [4.78, 5) is 18.9. The van der Waals surface area contributed by atoms with Crippen molar-refractivity contribution in [1.82, 2.24) is 9.88 Å². The summed E-state index contributed by atoms with van der Waals surface area (Å²) in [5.74, 6) is -0.678. The highest BCUT2D eigenvalue weighted by molar-refractivity contribution is 7.11. The minimum atomic E-state index is -0.678. The molecule has 0 bridgehead atoms. The van der Waals surface area contributed by atoms with Gasteiger partial charge >= 0.3 is 5.97 Å². The Balaban J connectivity index is 2.00. The smallest absolute Gasteiger partial charge is 0.310 e. The van der Waals surface area contributed by atoms with Crippen molar-refractivity contribution >= 4 is 17.3 Å². The van der Waals surface area contributed by atoms with Gasteiger partial charge in [-0.1, -0.05) is 0 Å². The molecule has 1 aromatic rings. The number of aliphatic carboxylic acids is 1. The van der Waals surface area contributed by atoms with E-state index in [0.717, 1.165) is 30.9 Å². The van der Waals surface area contributed by atoms with Gasteiger partial charge in [0, 0.05) is 24.2 Å². The summed E-state index contributed by atoms with van der Waals surface area (Å²) < 4.78 is 0. The molecule has 0 amide bonds. The maximum absolute atomic E-state index is 11.2. The fourth-order valence-corrected chi connectivity index (χ4v) is 3.19. The maximum Gasteiger partial charge on any atom is 0.310 e. The lowest BCUT2D eigenvalue weighted by Crippen LogP contribution is -2.45. The Bertz CT molecular complexity index is 418. The average Bonchev–Trinajstić information content (AvgIpc) is 2.64. The predicted molar refractivity (Wildman–Crippen MR) is 67.1 cm³/mol. The van der Waals surface area contributed by atoms with Gasteiger partial charge < -0.3 is 5.11 Å². The summed E-state index contributed by atoms with van der Waals surface area (Å²) in [7, 11) is 0. The van der Waals surface area contributed by atoms with Crippen molar-refractivity contribution in [2.75, 3.05) is 13.1 Å². The number of carboxylic acids is 1. The van der Waals surface area contributed by atoms with Crippen LogP contribution in [0.1, 0.15) is 29.7 Å². The Labute approximate surface area is 105 Å². The van der Waals surface area contributed by atoms with E-state index in [0.29, 0.717) is 6.54 Å². The van der Waals surface area contributed by atoms with E-state index in [1.807, 2.05) is 20.0 Å². The first-order valence-electron chi connectivity index (χ1n) is 5.87. The Hall–Kier alpha value is -0.940. The molecular formula is C12H18N2O2S. The molecule has 1 atom stereocenters. The SMILES string of the molecule is Cc1ncc(CN2CCCC(C)(C(=O)O)C2)s1. The van der Waals surface area contributed by atoms with E-state index in [-0.39, 0.29) is 0 Å². The first kappa shape index (κ1) is 12.5. The van der Waals surface area contributed by atoms with Crippen LogP contribution in [-0.2, 0) is 11.3 Å². The van der Waals surface area contributed by atoms with Crippen LogP contribution in [0.5, 0.6) is 0 Å². The highest BCUT2D eigenvalue weighted by atomic mass is 32.1. The van der Waals surface area contributed by atoms with E-state index < -0.39 is 11.4 Å². The third-order valence-electron chi connectivity index (χ3n) is 3.34. The summed E-state index contributed by atoms with van der Waals surface area (Å²) in [5, 5.41) is 10.3. The quantitative estimate of drug-likeness (QED) is 0.898. The number of carboxylic acid groups (broad SMARTS) is 1.